The standard InChI is InChI=1S/C15H14N5O3S/c1-17(2)24(22,23)20-12-8-4-3-7-11(12)19-14(21)13-9-5-6-10-18(13)16-15(19)20/h3-10H,1-2H3/q+1. The maximum atomic E-state index is 12.9. The van der Waals surface area contributed by atoms with Crippen LogP contribution in [0.4, 0.5) is 0 Å². The third kappa shape index (κ3) is 1.82. The van der Waals surface area contributed by atoms with Gasteiger partial charge in [0.2, 0.25) is 6.20 Å². The molecule has 0 saturated carbocycles. The summed E-state index contributed by atoms with van der Waals surface area (Å²) in [6.07, 6.45) is 1.61. The van der Waals surface area contributed by atoms with Gasteiger partial charge in [0.25, 0.3) is 5.78 Å². The van der Waals surface area contributed by atoms with Gasteiger partial charge in [0.15, 0.2) is 0 Å². The summed E-state index contributed by atoms with van der Waals surface area (Å²) < 4.78 is 30.5. The molecule has 122 valence electrons. The summed E-state index contributed by atoms with van der Waals surface area (Å²) in [5, 5.41) is 4.36. The van der Waals surface area contributed by atoms with Gasteiger partial charge in [-0.25, -0.2) is 4.40 Å². The number of fused-ring (bicyclic) bond motifs is 4. The Morgan fingerprint density at radius 1 is 1.04 bits per heavy atom. The van der Waals surface area contributed by atoms with Crippen LogP contribution in [0.25, 0.3) is 22.3 Å². The fourth-order valence-electron chi connectivity index (χ4n) is 2.71. The zero-order chi connectivity index (χ0) is 17.1. The van der Waals surface area contributed by atoms with Crippen molar-refractivity contribution in [3.63, 3.8) is 0 Å². The van der Waals surface area contributed by atoms with Crippen LogP contribution in [0, 0.1) is 0 Å². The lowest BCUT2D eigenvalue weighted by atomic mass is 10.3. The molecule has 8 nitrogen and oxygen atoms in total. The molecular formula is C15H14N5O3S+. The van der Waals surface area contributed by atoms with Crippen LogP contribution in [0.5, 0.6) is 0 Å². The van der Waals surface area contributed by atoms with Crippen molar-refractivity contribution < 1.29 is 12.9 Å². The second kappa shape index (κ2) is 4.86. The first-order valence-corrected chi connectivity index (χ1v) is 8.58. The third-order valence-electron chi connectivity index (χ3n) is 3.87. The Balaban J connectivity index is 2.37. The van der Waals surface area contributed by atoms with E-state index in [0.717, 1.165) is 8.28 Å². The van der Waals surface area contributed by atoms with E-state index < -0.39 is 10.2 Å². The summed E-state index contributed by atoms with van der Waals surface area (Å²) in [7, 11) is -0.983. The van der Waals surface area contributed by atoms with Crippen LogP contribution in [0.2, 0.25) is 0 Å². The number of para-hydroxylation sites is 2. The molecule has 3 aromatic heterocycles. The number of rotatable bonds is 2. The van der Waals surface area contributed by atoms with Crippen molar-refractivity contribution in [3.05, 3.63) is 59.0 Å². The van der Waals surface area contributed by atoms with E-state index in [2.05, 4.69) is 5.10 Å². The molecule has 0 saturated heterocycles. The van der Waals surface area contributed by atoms with Gasteiger partial charge in [-0.15, -0.1) is 0 Å². The molecular weight excluding hydrogens is 330 g/mol. The Labute approximate surface area is 137 Å². The van der Waals surface area contributed by atoms with Crippen molar-refractivity contribution in [1.29, 1.82) is 0 Å². The van der Waals surface area contributed by atoms with Crippen LogP contribution in [0.15, 0.2) is 53.5 Å². The molecule has 0 N–H and O–H groups in total. The van der Waals surface area contributed by atoms with Gasteiger partial charge in [0.1, 0.15) is 0 Å². The van der Waals surface area contributed by atoms with Gasteiger partial charge in [0.05, 0.1) is 11.0 Å². The normalized spacial score (nSPS) is 12.6. The number of imidazole rings is 1. The van der Waals surface area contributed by atoms with E-state index >= 15 is 0 Å². The number of aromatic nitrogens is 4. The van der Waals surface area contributed by atoms with Gasteiger partial charge in [-0.05, 0) is 22.7 Å². The summed E-state index contributed by atoms with van der Waals surface area (Å²) in [5.41, 5.74) is 0.915. The molecule has 0 bridgehead atoms. The van der Waals surface area contributed by atoms with Gasteiger partial charge in [0, 0.05) is 31.3 Å². The van der Waals surface area contributed by atoms with E-state index in [0.29, 0.717) is 16.6 Å². The Hall–Kier alpha value is -2.78. The summed E-state index contributed by atoms with van der Waals surface area (Å²) in [6.45, 7) is 0. The fourth-order valence-corrected chi connectivity index (χ4v) is 3.76. The van der Waals surface area contributed by atoms with E-state index in [9.17, 15) is 13.2 Å². The average Bonchev–Trinajstić information content (AvgIpc) is 2.89. The molecule has 3 heterocycles. The van der Waals surface area contributed by atoms with Crippen molar-refractivity contribution in [1.82, 2.24) is 17.8 Å². The van der Waals surface area contributed by atoms with Crippen molar-refractivity contribution in [3.8, 4) is 0 Å². The molecule has 1 aromatic carbocycles. The minimum absolute atomic E-state index is 0.0404. The largest absolute Gasteiger partial charge is 0.333 e. The van der Waals surface area contributed by atoms with Crippen LogP contribution in [0.3, 0.4) is 0 Å². The van der Waals surface area contributed by atoms with Crippen molar-refractivity contribution in [2.24, 2.45) is 0 Å². The highest BCUT2D eigenvalue weighted by Gasteiger charge is 2.28. The maximum absolute atomic E-state index is 12.9. The van der Waals surface area contributed by atoms with Crippen LogP contribution in [-0.2, 0) is 10.2 Å². The average molecular weight is 344 g/mol. The van der Waals surface area contributed by atoms with E-state index in [-0.39, 0.29) is 11.3 Å². The molecule has 0 spiro atoms. The number of benzene rings is 1. The number of hydrogen-bond donors (Lipinski definition) is 0. The Kier molecular flexibility index (Phi) is 2.99. The van der Waals surface area contributed by atoms with Crippen LogP contribution < -0.4 is 10.1 Å². The number of nitrogens with zero attached hydrogens (tertiary/aromatic N) is 5. The molecule has 0 aliphatic rings. The highest BCUT2D eigenvalue weighted by atomic mass is 32.2. The number of hydrogen-bond acceptors (Lipinski definition) is 4. The lowest BCUT2D eigenvalue weighted by molar-refractivity contribution is -0.579. The lowest BCUT2D eigenvalue weighted by Gasteiger charge is -2.12. The van der Waals surface area contributed by atoms with E-state index in [1.807, 2.05) is 0 Å². The molecule has 24 heavy (non-hydrogen) atoms. The summed E-state index contributed by atoms with van der Waals surface area (Å²) in [5.74, 6) is 0.0404. The molecule has 4 aromatic rings. The zero-order valence-electron chi connectivity index (χ0n) is 13.0. The first-order chi connectivity index (χ1) is 11.4. The van der Waals surface area contributed by atoms with Crippen LogP contribution in [0.1, 0.15) is 0 Å². The molecule has 4 rings (SSSR count). The van der Waals surface area contributed by atoms with Gasteiger partial charge < -0.3 is 0 Å². The van der Waals surface area contributed by atoms with Gasteiger partial charge in [-0.3, -0.25) is 4.79 Å². The van der Waals surface area contributed by atoms with Gasteiger partial charge >= 0.3 is 21.3 Å². The van der Waals surface area contributed by atoms with Gasteiger partial charge in [-0.1, -0.05) is 12.1 Å². The van der Waals surface area contributed by atoms with E-state index in [4.69, 9.17) is 0 Å². The fraction of sp³-hybridized carbons (Fsp3) is 0.133. The molecule has 0 radical (unpaired) electrons. The Morgan fingerprint density at radius 2 is 1.71 bits per heavy atom. The summed E-state index contributed by atoms with van der Waals surface area (Å²) in [6, 6.07) is 11.9. The minimum Gasteiger partial charge on any atom is -0.261 e. The molecule has 0 amide bonds. The minimum atomic E-state index is -3.86. The molecule has 0 aliphatic heterocycles. The zero-order valence-corrected chi connectivity index (χ0v) is 13.8. The van der Waals surface area contributed by atoms with Crippen LogP contribution in [-0.4, -0.2) is 40.3 Å². The maximum Gasteiger partial charge on any atom is 0.333 e. The lowest BCUT2D eigenvalue weighted by Crippen LogP contribution is -2.37. The summed E-state index contributed by atoms with van der Waals surface area (Å²) in [4.78, 5) is 12.9. The Morgan fingerprint density at radius 3 is 2.42 bits per heavy atom. The molecule has 0 aliphatic carbocycles. The monoisotopic (exact) mass is 344 g/mol. The smallest absolute Gasteiger partial charge is 0.261 e. The van der Waals surface area contributed by atoms with Crippen LogP contribution >= 0.6 is 0 Å². The van der Waals surface area contributed by atoms with Crippen molar-refractivity contribution in [2.45, 2.75) is 0 Å². The SMILES string of the molecule is CN(C)S(=O)(=O)n1c2ccccc2n2c(=O)c3cccc[n+]3nc12. The number of pyridine rings is 1. The van der Waals surface area contributed by atoms with Crippen molar-refractivity contribution >= 4 is 32.5 Å². The molecule has 9 heteroatoms. The van der Waals surface area contributed by atoms with E-state index in [1.54, 1.807) is 48.7 Å². The van der Waals surface area contributed by atoms with Crippen molar-refractivity contribution in [2.75, 3.05) is 14.1 Å². The topological polar surface area (TPSA) is 80.8 Å². The predicted molar refractivity (Wildman–Crippen MR) is 88.1 cm³/mol. The van der Waals surface area contributed by atoms with E-state index in [1.165, 1.54) is 23.0 Å². The second-order valence-corrected chi connectivity index (χ2v) is 7.51. The highest BCUT2D eigenvalue weighted by molar-refractivity contribution is 7.87. The molecule has 0 fully saturated rings. The first-order valence-electron chi connectivity index (χ1n) is 7.19. The first kappa shape index (κ1) is 14.8. The molecule has 0 atom stereocenters. The molecule has 0 unspecified atom stereocenters. The predicted octanol–water partition coefficient (Wildman–Crippen LogP) is 0.0424. The summed E-state index contributed by atoms with van der Waals surface area (Å²) >= 11 is 0. The third-order valence-corrected chi connectivity index (χ3v) is 5.62. The quantitative estimate of drug-likeness (QED) is 0.481. The highest BCUT2D eigenvalue weighted by Crippen LogP contribution is 2.20. The Bertz CT molecular complexity index is 1270. The van der Waals surface area contributed by atoms with Gasteiger partial charge in [-0.2, -0.15) is 16.7 Å². The second-order valence-electron chi connectivity index (χ2n) is 5.51.